The Morgan fingerprint density at radius 2 is 1.53 bits per heavy atom. The van der Waals surface area contributed by atoms with Gasteiger partial charge >= 0.3 is 5.97 Å². The fourth-order valence-corrected chi connectivity index (χ4v) is 10.3. The van der Waals surface area contributed by atoms with Gasteiger partial charge in [0.1, 0.15) is 5.75 Å². The molecule has 5 aliphatic rings. The highest BCUT2D eigenvalue weighted by molar-refractivity contribution is 5.83. The van der Waals surface area contributed by atoms with E-state index in [-0.39, 0.29) is 0 Å². The van der Waals surface area contributed by atoms with Crippen molar-refractivity contribution in [1.29, 1.82) is 0 Å². The summed E-state index contributed by atoms with van der Waals surface area (Å²) in [5, 5.41) is 0. The van der Waals surface area contributed by atoms with Gasteiger partial charge in [0.25, 0.3) is 0 Å². The van der Waals surface area contributed by atoms with E-state index in [0.717, 1.165) is 11.8 Å². The maximum atomic E-state index is 11.7. The van der Waals surface area contributed by atoms with Crippen LogP contribution in [-0.2, 0) is 4.79 Å². The van der Waals surface area contributed by atoms with Crippen molar-refractivity contribution < 1.29 is 9.53 Å². The first-order chi connectivity index (χ1) is 17.5. The maximum absolute atomic E-state index is 11.7. The number of carbonyl (C=O) groups is 1. The normalized spacial score (nSPS) is 38.1. The van der Waals surface area contributed by atoms with Crippen LogP contribution in [0.1, 0.15) is 77.0 Å². The summed E-state index contributed by atoms with van der Waals surface area (Å²) in [6.45, 7) is 3.52. The molecule has 5 aliphatic carbocycles. The molecule has 5 fully saturated rings. The van der Waals surface area contributed by atoms with Crippen molar-refractivity contribution in [3.05, 3.63) is 67.3 Å². The van der Waals surface area contributed by atoms with Crippen LogP contribution in [0.15, 0.2) is 67.3 Å². The van der Waals surface area contributed by atoms with Crippen molar-refractivity contribution in [2.45, 2.75) is 83.1 Å². The van der Waals surface area contributed by atoms with Crippen LogP contribution >= 0.6 is 0 Å². The maximum Gasteiger partial charge on any atom is 0.335 e. The van der Waals surface area contributed by atoms with Crippen molar-refractivity contribution in [3.8, 4) is 5.75 Å². The molecule has 2 aromatic carbocycles. The molecule has 188 valence electrons. The van der Waals surface area contributed by atoms with Crippen LogP contribution in [0, 0.1) is 28.1 Å². The molecule has 3 heteroatoms. The van der Waals surface area contributed by atoms with Gasteiger partial charge in [0.15, 0.2) is 0 Å². The zero-order valence-electron chi connectivity index (χ0n) is 21.5. The second kappa shape index (κ2) is 8.23. The standard InChI is InChI=1S/C33H39NO2/c1-2-30(35)36-28-13-11-27(12-14-28)34(26-9-4-3-5-10-26)29-17-19-31-18-15-24-7-6-8-25-16-20-32(29,21-31)23-33(24,25)22-31/h2-5,9-14,24-25,29H,1,6-8,15-23H2. The van der Waals surface area contributed by atoms with Gasteiger partial charge in [-0.1, -0.05) is 31.2 Å². The molecule has 0 aromatic heterocycles. The lowest BCUT2D eigenvalue weighted by atomic mass is 9.33. The van der Waals surface area contributed by atoms with E-state index in [2.05, 4.69) is 53.9 Å². The summed E-state index contributed by atoms with van der Waals surface area (Å²) >= 11 is 0. The van der Waals surface area contributed by atoms with Crippen molar-refractivity contribution in [1.82, 2.24) is 0 Å². The lowest BCUT2D eigenvalue weighted by molar-refractivity contribution is -0.210. The predicted octanol–water partition coefficient (Wildman–Crippen LogP) is 8.23. The summed E-state index contributed by atoms with van der Waals surface area (Å²) < 4.78 is 5.39. The molecule has 7 rings (SSSR count). The van der Waals surface area contributed by atoms with Crippen molar-refractivity contribution >= 4 is 17.3 Å². The molecule has 0 aliphatic heterocycles. The number of hydrogen-bond acceptors (Lipinski definition) is 3. The SMILES string of the molecule is C=CC(=O)Oc1ccc(N(c2ccccc2)C2CCC34CCC5CCCC6CCC2(C3)CC56C4)cc1. The zero-order valence-corrected chi connectivity index (χ0v) is 21.5. The number of esters is 1. The molecule has 2 aromatic rings. The third-order valence-corrected chi connectivity index (χ3v) is 11.4. The molecule has 0 amide bonds. The fourth-order valence-electron chi connectivity index (χ4n) is 10.3. The average molecular weight is 482 g/mol. The number of ether oxygens (including phenoxy) is 1. The van der Waals surface area contributed by atoms with Gasteiger partial charge in [-0.2, -0.15) is 0 Å². The number of anilines is 2. The lowest BCUT2D eigenvalue weighted by Crippen LogP contribution is -2.66. The highest BCUT2D eigenvalue weighted by Gasteiger charge is 2.68. The predicted molar refractivity (Wildman–Crippen MR) is 144 cm³/mol. The quantitative estimate of drug-likeness (QED) is 0.245. The molecule has 6 unspecified atom stereocenters. The van der Waals surface area contributed by atoms with E-state index in [1.807, 2.05) is 12.1 Å². The van der Waals surface area contributed by atoms with Crippen LogP contribution in [0.4, 0.5) is 11.4 Å². The molecule has 3 bridgehead atoms. The Morgan fingerprint density at radius 3 is 2.28 bits per heavy atom. The van der Waals surface area contributed by atoms with Gasteiger partial charge in [-0.15, -0.1) is 0 Å². The van der Waals surface area contributed by atoms with Gasteiger partial charge < -0.3 is 9.64 Å². The first-order valence-corrected chi connectivity index (χ1v) is 14.3. The van der Waals surface area contributed by atoms with Crippen LogP contribution in [0.5, 0.6) is 5.75 Å². The van der Waals surface area contributed by atoms with Crippen LogP contribution < -0.4 is 9.64 Å². The molecular formula is C33H39NO2. The van der Waals surface area contributed by atoms with Crippen molar-refractivity contribution in [2.75, 3.05) is 4.90 Å². The Kier molecular flexibility index (Phi) is 5.17. The molecule has 0 N–H and O–H groups in total. The van der Waals surface area contributed by atoms with E-state index < -0.39 is 5.97 Å². The van der Waals surface area contributed by atoms with Crippen molar-refractivity contribution in [3.63, 3.8) is 0 Å². The van der Waals surface area contributed by atoms with E-state index in [1.165, 1.54) is 88.1 Å². The Bertz CT molecular complexity index is 1150. The first-order valence-electron chi connectivity index (χ1n) is 14.3. The summed E-state index contributed by atoms with van der Waals surface area (Å²) in [5.41, 5.74) is 4.14. The highest BCUT2D eigenvalue weighted by Crippen LogP contribution is 2.76. The number of rotatable bonds is 5. The van der Waals surface area contributed by atoms with E-state index >= 15 is 0 Å². The topological polar surface area (TPSA) is 29.5 Å². The first kappa shape index (κ1) is 22.6. The van der Waals surface area contributed by atoms with Crippen LogP contribution in [0.2, 0.25) is 0 Å². The summed E-state index contributed by atoms with van der Waals surface area (Å²) in [6.07, 6.45) is 18.6. The average Bonchev–Trinajstić information content (AvgIpc) is 2.90. The van der Waals surface area contributed by atoms with E-state index in [0.29, 0.717) is 28.0 Å². The number of hydrogen-bond donors (Lipinski definition) is 0. The summed E-state index contributed by atoms with van der Waals surface area (Å²) in [5.74, 6) is 2.12. The van der Waals surface area contributed by atoms with Gasteiger partial charge in [0.05, 0.1) is 0 Å². The Balaban J connectivity index is 1.29. The van der Waals surface area contributed by atoms with Gasteiger partial charge in [0, 0.05) is 23.5 Å². The molecule has 0 heterocycles. The molecular weight excluding hydrogens is 442 g/mol. The third kappa shape index (κ3) is 3.34. The van der Waals surface area contributed by atoms with Gasteiger partial charge in [-0.25, -0.2) is 4.79 Å². The molecule has 6 atom stereocenters. The van der Waals surface area contributed by atoms with E-state index in [4.69, 9.17) is 4.74 Å². The van der Waals surface area contributed by atoms with Gasteiger partial charge in [0.2, 0.25) is 0 Å². The molecule has 0 saturated heterocycles. The Hall–Kier alpha value is -2.55. The molecule has 36 heavy (non-hydrogen) atoms. The van der Waals surface area contributed by atoms with Crippen molar-refractivity contribution in [2.24, 2.45) is 28.1 Å². The van der Waals surface area contributed by atoms with Gasteiger partial charge in [-0.05, 0) is 135 Å². The smallest absolute Gasteiger partial charge is 0.335 e. The highest BCUT2D eigenvalue weighted by atomic mass is 16.5. The number of nitrogens with zero attached hydrogens (tertiary/aromatic N) is 1. The molecule has 3 spiro atoms. The van der Waals surface area contributed by atoms with E-state index in [9.17, 15) is 4.79 Å². The second-order valence-electron chi connectivity index (χ2n) is 12.9. The third-order valence-electron chi connectivity index (χ3n) is 11.4. The Morgan fingerprint density at radius 1 is 0.833 bits per heavy atom. The van der Waals surface area contributed by atoms with E-state index in [1.54, 1.807) is 6.42 Å². The minimum absolute atomic E-state index is 0.410. The Labute approximate surface area is 215 Å². The summed E-state index contributed by atoms with van der Waals surface area (Å²) in [7, 11) is 0. The van der Waals surface area contributed by atoms with Crippen LogP contribution in [0.25, 0.3) is 0 Å². The summed E-state index contributed by atoms with van der Waals surface area (Å²) in [6, 6.07) is 19.7. The van der Waals surface area contributed by atoms with Crippen LogP contribution in [0.3, 0.4) is 0 Å². The second-order valence-corrected chi connectivity index (χ2v) is 12.9. The molecule has 3 nitrogen and oxygen atoms in total. The molecule has 0 radical (unpaired) electrons. The fraction of sp³-hybridized carbons (Fsp3) is 0.545. The minimum Gasteiger partial charge on any atom is -0.423 e. The van der Waals surface area contributed by atoms with Gasteiger partial charge in [-0.3, -0.25) is 0 Å². The zero-order chi connectivity index (χ0) is 24.4. The minimum atomic E-state index is -0.411. The number of para-hydroxylation sites is 1. The summed E-state index contributed by atoms with van der Waals surface area (Å²) in [4.78, 5) is 14.4. The molecule has 5 saturated carbocycles. The number of carbonyl (C=O) groups excluding carboxylic acids is 1. The van der Waals surface area contributed by atoms with Crippen LogP contribution in [-0.4, -0.2) is 12.0 Å². The number of benzene rings is 2. The monoisotopic (exact) mass is 481 g/mol. The lowest BCUT2D eigenvalue weighted by Gasteiger charge is -2.73. The largest absolute Gasteiger partial charge is 0.423 e.